The van der Waals surface area contributed by atoms with Gasteiger partial charge in [-0.3, -0.25) is 14.7 Å². The van der Waals surface area contributed by atoms with E-state index >= 15 is 0 Å². The molecule has 0 spiro atoms. The second-order valence-electron chi connectivity index (χ2n) is 8.56. The lowest BCUT2D eigenvalue weighted by Gasteiger charge is -2.33. The average Bonchev–Trinajstić information content (AvgIpc) is 2.77. The molecule has 0 bridgehead atoms. The molecule has 1 unspecified atom stereocenters. The van der Waals surface area contributed by atoms with Crippen molar-refractivity contribution in [2.75, 3.05) is 11.2 Å². The minimum Gasteiger partial charge on any atom is -0.465 e. The summed E-state index contributed by atoms with van der Waals surface area (Å²) in [7, 11) is -2.90. The molecule has 8 heteroatoms. The van der Waals surface area contributed by atoms with E-state index in [1.54, 1.807) is 54.6 Å². The van der Waals surface area contributed by atoms with Gasteiger partial charge >= 0.3 is 6.09 Å². The predicted octanol–water partition coefficient (Wildman–Crippen LogP) is 5.06. The maximum Gasteiger partial charge on any atom is 0.412 e. The standard InChI is InChI=1S/C26H25N3O4S/c1-26(2,3)29(25(31)32)22-10-8-9-19(16-22)13-14-20-15-21(18-27-17-20)24(30)28-34(4,33)23-11-6-5-7-12-23/h5-12,15-18H,1-4H3,(H,31,32). The fourth-order valence-electron chi connectivity index (χ4n) is 3.21. The smallest absolute Gasteiger partial charge is 0.412 e. The van der Waals surface area contributed by atoms with E-state index in [1.807, 2.05) is 20.8 Å². The van der Waals surface area contributed by atoms with Crippen LogP contribution in [0.5, 0.6) is 0 Å². The van der Waals surface area contributed by atoms with Crippen LogP contribution in [0.1, 0.15) is 42.3 Å². The summed E-state index contributed by atoms with van der Waals surface area (Å²) in [5.41, 5.74) is 1.13. The lowest BCUT2D eigenvalue weighted by molar-refractivity contribution is 0.100. The number of carboxylic acid groups (broad SMARTS) is 1. The van der Waals surface area contributed by atoms with Crippen molar-refractivity contribution in [2.24, 2.45) is 4.36 Å². The first-order valence-corrected chi connectivity index (χ1v) is 12.3. The number of anilines is 1. The van der Waals surface area contributed by atoms with Crippen molar-refractivity contribution >= 4 is 27.4 Å². The van der Waals surface area contributed by atoms with E-state index in [1.165, 1.54) is 29.6 Å². The minimum absolute atomic E-state index is 0.177. The summed E-state index contributed by atoms with van der Waals surface area (Å²) < 4.78 is 16.8. The molecule has 0 saturated carbocycles. The highest BCUT2D eigenvalue weighted by Crippen LogP contribution is 2.24. The van der Waals surface area contributed by atoms with Gasteiger partial charge in [0.1, 0.15) is 0 Å². The van der Waals surface area contributed by atoms with Crippen LogP contribution >= 0.6 is 0 Å². The van der Waals surface area contributed by atoms with Crippen LogP contribution in [0.15, 0.2) is 82.3 Å². The van der Waals surface area contributed by atoms with Gasteiger partial charge in [-0.05, 0) is 57.2 Å². The molecule has 34 heavy (non-hydrogen) atoms. The number of nitrogens with zero attached hydrogens (tertiary/aromatic N) is 3. The van der Waals surface area contributed by atoms with Crippen LogP contribution in [-0.4, -0.2) is 38.1 Å². The molecule has 1 heterocycles. The van der Waals surface area contributed by atoms with E-state index in [9.17, 15) is 18.9 Å². The first kappa shape index (κ1) is 24.7. The topological polar surface area (TPSA) is 99.9 Å². The summed E-state index contributed by atoms with van der Waals surface area (Å²) in [6.07, 6.45) is 3.22. The number of hydrogen-bond acceptors (Lipinski definition) is 4. The van der Waals surface area contributed by atoms with Gasteiger partial charge in [-0.25, -0.2) is 9.00 Å². The highest BCUT2D eigenvalue weighted by Gasteiger charge is 2.27. The largest absolute Gasteiger partial charge is 0.465 e. The Morgan fingerprint density at radius 3 is 2.29 bits per heavy atom. The van der Waals surface area contributed by atoms with Crippen molar-refractivity contribution in [1.82, 2.24) is 4.98 Å². The Morgan fingerprint density at radius 2 is 1.65 bits per heavy atom. The minimum atomic E-state index is -2.90. The van der Waals surface area contributed by atoms with Crippen molar-refractivity contribution in [3.05, 3.63) is 89.7 Å². The molecule has 3 rings (SSSR count). The van der Waals surface area contributed by atoms with Crippen LogP contribution in [0, 0.1) is 11.8 Å². The van der Waals surface area contributed by atoms with E-state index in [2.05, 4.69) is 21.2 Å². The van der Waals surface area contributed by atoms with Crippen molar-refractivity contribution in [2.45, 2.75) is 31.2 Å². The van der Waals surface area contributed by atoms with Crippen molar-refractivity contribution < 1.29 is 18.9 Å². The normalized spacial score (nSPS) is 12.6. The molecular weight excluding hydrogens is 450 g/mol. The van der Waals surface area contributed by atoms with E-state index in [0.717, 1.165) is 0 Å². The first-order valence-electron chi connectivity index (χ1n) is 10.4. The maximum absolute atomic E-state index is 12.9. The molecule has 1 aromatic heterocycles. The fourth-order valence-corrected chi connectivity index (χ4v) is 4.40. The number of amides is 2. The second kappa shape index (κ2) is 9.89. The van der Waals surface area contributed by atoms with Crippen LogP contribution < -0.4 is 4.90 Å². The Hall–Kier alpha value is -3.96. The Kier molecular flexibility index (Phi) is 7.18. The molecule has 174 valence electrons. The maximum atomic E-state index is 12.9. The van der Waals surface area contributed by atoms with Gasteiger partial charge in [0.2, 0.25) is 0 Å². The Labute approximate surface area is 199 Å². The molecule has 3 aromatic rings. The van der Waals surface area contributed by atoms with Gasteiger partial charge in [0.05, 0.1) is 15.3 Å². The Bertz CT molecular complexity index is 1410. The van der Waals surface area contributed by atoms with Crippen LogP contribution in [0.2, 0.25) is 0 Å². The van der Waals surface area contributed by atoms with Crippen molar-refractivity contribution in [3.63, 3.8) is 0 Å². The summed E-state index contributed by atoms with van der Waals surface area (Å²) in [5, 5.41) is 9.62. The molecule has 0 aliphatic carbocycles. The first-order chi connectivity index (χ1) is 16.0. The monoisotopic (exact) mass is 475 g/mol. The third-order valence-corrected chi connectivity index (χ3v) is 6.40. The highest BCUT2D eigenvalue weighted by molar-refractivity contribution is 7.93. The number of aromatic nitrogens is 1. The molecule has 0 aliphatic heterocycles. The number of rotatable bonds is 3. The van der Waals surface area contributed by atoms with Crippen LogP contribution in [-0.2, 0) is 9.73 Å². The molecule has 1 N–H and O–H groups in total. The van der Waals surface area contributed by atoms with Gasteiger partial charge in [0.25, 0.3) is 5.91 Å². The molecular formula is C26H25N3O4S. The Morgan fingerprint density at radius 1 is 0.971 bits per heavy atom. The lowest BCUT2D eigenvalue weighted by atomic mass is 10.0. The second-order valence-corrected chi connectivity index (χ2v) is 10.8. The zero-order valence-corrected chi connectivity index (χ0v) is 20.2. The van der Waals surface area contributed by atoms with Crippen molar-refractivity contribution in [1.29, 1.82) is 0 Å². The van der Waals surface area contributed by atoms with Gasteiger partial charge < -0.3 is 5.11 Å². The molecule has 7 nitrogen and oxygen atoms in total. The van der Waals surface area contributed by atoms with Gasteiger partial charge in [-0.2, -0.15) is 4.36 Å². The quantitative estimate of drug-likeness (QED) is 0.534. The summed E-state index contributed by atoms with van der Waals surface area (Å²) in [4.78, 5) is 30.2. The third-order valence-electron chi connectivity index (χ3n) is 4.74. The molecule has 0 fully saturated rings. The van der Waals surface area contributed by atoms with Gasteiger partial charge in [-0.1, -0.05) is 36.1 Å². The molecule has 0 saturated heterocycles. The predicted molar refractivity (Wildman–Crippen MR) is 132 cm³/mol. The summed E-state index contributed by atoms with van der Waals surface area (Å²) >= 11 is 0. The Balaban J connectivity index is 1.89. The zero-order chi connectivity index (χ0) is 24.9. The molecule has 0 radical (unpaired) electrons. The lowest BCUT2D eigenvalue weighted by Crippen LogP contribution is -2.45. The summed E-state index contributed by atoms with van der Waals surface area (Å²) in [6.45, 7) is 5.43. The highest BCUT2D eigenvalue weighted by atomic mass is 32.2. The molecule has 2 amide bonds. The van der Waals surface area contributed by atoms with Crippen LogP contribution in [0.3, 0.4) is 0 Å². The molecule has 2 aromatic carbocycles. The summed E-state index contributed by atoms with van der Waals surface area (Å²) in [5.74, 6) is 5.28. The SMILES string of the molecule is CC(C)(C)N(C(=O)O)c1cccc(C#Cc2cncc(C(=O)N=S(C)(=O)c3ccccc3)c2)c1. The van der Waals surface area contributed by atoms with E-state index in [0.29, 0.717) is 21.7 Å². The van der Waals surface area contributed by atoms with E-state index in [-0.39, 0.29) is 5.56 Å². The molecule has 0 aliphatic rings. The third kappa shape index (κ3) is 6.09. The van der Waals surface area contributed by atoms with Gasteiger partial charge in [0, 0.05) is 45.9 Å². The van der Waals surface area contributed by atoms with Gasteiger partial charge in [0.15, 0.2) is 0 Å². The number of carbonyl (C=O) groups excluding carboxylic acids is 1. The van der Waals surface area contributed by atoms with Crippen LogP contribution in [0.25, 0.3) is 0 Å². The van der Waals surface area contributed by atoms with E-state index in [4.69, 9.17) is 0 Å². The molecule has 1 atom stereocenters. The van der Waals surface area contributed by atoms with Crippen molar-refractivity contribution in [3.8, 4) is 11.8 Å². The summed E-state index contributed by atoms with van der Waals surface area (Å²) in [6, 6.07) is 17.0. The fraction of sp³-hybridized carbons (Fsp3) is 0.192. The van der Waals surface area contributed by atoms with E-state index < -0.39 is 27.3 Å². The number of hydrogen-bond donors (Lipinski definition) is 1. The number of benzene rings is 2. The van der Waals surface area contributed by atoms with Gasteiger partial charge in [-0.15, -0.1) is 0 Å². The number of carbonyl (C=O) groups is 2. The number of pyridine rings is 1. The average molecular weight is 476 g/mol. The zero-order valence-electron chi connectivity index (χ0n) is 19.4. The van der Waals surface area contributed by atoms with Crippen LogP contribution in [0.4, 0.5) is 10.5 Å².